The molecule has 0 fully saturated rings. The van der Waals surface area contributed by atoms with Crippen molar-refractivity contribution in [2.75, 3.05) is 0 Å². The Kier molecular flexibility index (Phi) is 3.86. The lowest BCUT2D eigenvalue weighted by atomic mass is 10.4. The lowest BCUT2D eigenvalue weighted by Gasteiger charge is -2.02. The molecule has 0 radical (unpaired) electrons. The monoisotopic (exact) mass is 287 g/mol. The SMILES string of the molecule is Cc1ccc(CNS(=O)(=O)c2csc(CO)c2)o1. The Labute approximate surface area is 109 Å². The van der Waals surface area contributed by atoms with Crippen molar-refractivity contribution in [1.82, 2.24) is 4.72 Å². The number of hydrogen-bond donors (Lipinski definition) is 2. The van der Waals surface area contributed by atoms with E-state index in [9.17, 15) is 8.42 Å². The van der Waals surface area contributed by atoms with Crippen LogP contribution in [0.5, 0.6) is 0 Å². The molecule has 0 aliphatic carbocycles. The first-order valence-corrected chi connectivity index (χ1v) is 7.61. The van der Waals surface area contributed by atoms with E-state index in [-0.39, 0.29) is 18.0 Å². The number of aliphatic hydroxyl groups is 1. The lowest BCUT2D eigenvalue weighted by Crippen LogP contribution is -2.22. The van der Waals surface area contributed by atoms with Gasteiger partial charge in [0, 0.05) is 10.3 Å². The second kappa shape index (κ2) is 5.23. The Balaban J connectivity index is 2.07. The molecule has 2 N–H and O–H groups in total. The number of hydrogen-bond acceptors (Lipinski definition) is 5. The van der Waals surface area contributed by atoms with Gasteiger partial charge < -0.3 is 9.52 Å². The van der Waals surface area contributed by atoms with Crippen molar-refractivity contribution in [2.45, 2.75) is 25.0 Å². The number of aryl methyl sites for hydroxylation is 1. The molecule has 5 nitrogen and oxygen atoms in total. The van der Waals surface area contributed by atoms with Gasteiger partial charge in [0.1, 0.15) is 11.5 Å². The van der Waals surface area contributed by atoms with Gasteiger partial charge in [0.25, 0.3) is 0 Å². The van der Waals surface area contributed by atoms with Gasteiger partial charge in [-0.3, -0.25) is 0 Å². The average Bonchev–Trinajstić information content (AvgIpc) is 2.95. The number of furan rings is 1. The van der Waals surface area contributed by atoms with Crippen molar-refractivity contribution in [3.63, 3.8) is 0 Å². The van der Waals surface area contributed by atoms with Gasteiger partial charge in [-0.25, -0.2) is 13.1 Å². The molecule has 2 aromatic heterocycles. The molecule has 7 heteroatoms. The van der Waals surface area contributed by atoms with Crippen LogP contribution >= 0.6 is 11.3 Å². The predicted molar refractivity (Wildman–Crippen MR) is 67.7 cm³/mol. The Hall–Kier alpha value is -1.15. The highest BCUT2D eigenvalue weighted by Gasteiger charge is 2.16. The van der Waals surface area contributed by atoms with E-state index in [0.717, 1.165) is 5.76 Å². The van der Waals surface area contributed by atoms with Crippen molar-refractivity contribution in [3.05, 3.63) is 40.0 Å². The summed E-state index contributed by atoms with van der Waals surface area (Å²) in [5.41, 5.74) is 0. The first-order chi connectivity index (χ1) is 8.51. The summed E-state index contributed by atoms with van der Waals surface area (Å²) < 4.78 is 31.6. The zero-order valence-electron chi connectivity index (χ0n) is 9.71. The molecule has 2 heterocycles. The molecule has 0 unspecified atom stereocenters. The molecule has 0 bridgehead atoms. The number of nitrogens with one attached hydrogen (secondary N) is 1. The summed E-state index contributed by atoms with van der Waals surface area (Å²) in [7, 11) is -3.55. The van der Waals surface area contributed by atoms with E-state index in [1.165, 1.54) is 22.8 Å². The predicted octanol–water partition coefficient (Wildman–Crippen LogP) is 1.62. The maximum atomic E-state index is 11.9. The van der Waals surface area contributed by atoms with Gasteiger partial charge in [-0.1, -0.05) is 0 Å². The second-order valence-electron chi connectivity index (χ2n) is 3.74. The fourth-order valence-corrected chi connectivity index (χ4v) is 3.54. The highest BCUT2D eigenvalue weighted by Crippen LogP contribution is 2.19. The minimum Gasteiger partial charge on any atom is -0.465 e. The van der Waals surface area contributed by atoms with Gasteiger partial charge >= 0.3 is 0 Å². The van der Waals surface area contributed by atoms with E-state index >= 15 is 0 Å². The molecule has 18 heavy (non-hydrogen) atoms. The first kappa shape index (κ1) is 13.3. The number of rotatable bonds is 5. The maximum Gasteiger partial charge on any atom is 0.241 e. The van der Waals surface area contributed by atoms with Gasteiger partial charge in [0.15, 0.2) is 0 Å². The standard InChI is InChI=1S/C11H13NO4S2/c1-8-2-3-9(16-8)5-12-18(14,15)11-4-10(6-13)17-7-11/h2-4,7,12-13H,5-6H2,1H3. The van der Waals surface area contributed by atoms with Crippen LogP contribution in [0.2, 0.25) is 0 Å². The summed E-state index contributed by atoms with van der Waals surface area (Å²) in [6.07, 6.45) is 0. The van der Waals surface area contributed by atoms with E-state index in [1.807, 2.05) is 0 Å². The zero-order chi connectivity index (χ0) is 13.2. The summed E-state index contributed by atoms with van der Waals surface area (Å²) in [4.78, 5) is 0.782. The third-order valence-electron chi connectivity index (χ3n) is 2.33. The van der Waals surface area contributed by atoms with Crippen molar-refractivity contribution in [1.29, 1.82) is 0 Å². The number of sulfonamides is 1. The Bertz CT molecular complexity index is 627. The molecule has 0 aliphatic rings. The van der Waals surface area contributed by atoms with Crippen LogP contribution in [0.1, 0.15) is 16.4 Å². The van der Waals surface area contributed by atoms with Crippen molar-refractivity contribution in [3.8, 4) is 0 Å². The molecule has 0 aliphatic heterocycles. The largest absolute Gasteiger partial charge is 0.465 e. The highest BCUT2D eigenvalue weighted by molar-refractivity contribution is 7.89. The molecule has 98 valence electrons. The van der Waals surface area contributed by atoms with Crippen molar-refractivity contribution >= 4 is 21.4 Å². The van der Waals surface area contributed by atoms with Crippen molar-refractivity contribution < 1.29 is 17.9 Å². The van der Waals surface area contributed by atoms with E-state index in [1.54, 1.807) is 19.1 Å². The molecule has 0 amide bonds. The lowest BCUT2D eigenvalue weighted by molar-refractivity contribution is 0.285. The maximum absolute atomic E-state index is 11.9. The normalized spacial score (nSPS) is 11.9. The first-order valence-electron chi connectivity index (χ1n) is 5.24. The van der Waals surface area contributed by atoms with Gasteiger partial charge in [-0.15, -0.1) is 11.3 Å². The van der Waals surface area contributed by atoms with Crippen LogP contribution < -0.4 is 4.72 Å². The molecule has 0 spiro atoms. The van der Waals surface area contributed by atoms with Crippen LogP contribution in [0, 0.1) is 6.92 Å². The van der Waals surface area contributed by atoms with Crippen LogP contribution in [0.3, 0.4) is 0 Å². The molecular formula is C11H13NO4S2. The number of aliphatic hydroxyl groups excluding tert-OH is 1. The smallest absolute Gasteiger partial charge is 0.241 e. The van der Waals surface area contributed by atoms with Gasteiger partial charge in [-0.05, 0) is 25.1 Å². The number of thiophene rings is 1. The molecular weight excluding hydrogens is 274 g/mol. The van der Waals surface area contributed by atoms with Crippen LogP contribution in [0.4, 0.5) is 0 Å². The summed E-state index contributed by atoms with van der Waals surface area (Å²) in [6, 6.07) is 4.96. The molecule has 0 saturated heterocycles. The molecule has 2 rings (SSSR count). The van der Waals surface area contributed by atoms with Gasteiger partial charge in [0.2, 0.25) is 10.0 Å². The average molecular weight is 287 g/mol. The van der Waals surface area contributed by atoms with E-state index < -0.39 is 10.0 Å². The Morgan fingerprint density at radius 1 is 1.44 bits per heavy atom. The second-order valence-corrected chi connectivity index (χ2v) is 6.51. The summed E-state index contributed by atoms with van der Waals surface area (Å²) in [5, 5.41) is 10.4. The van der Waals surface area contributed by atoms with Gasteiger partial charge in [0.05, 0.1) is 18.0 Å². The Morgan fingerprint density at radius 3 is 2.78 bits per heavy atom. The van der Waals surface area contributed by atoms with Crippen molar-refractivity contribution in [2.24, 2.45) is 0 Å². The minimum absolute atomic E-state index is 0.112. The van der Waals surface area contributed by atoms with E-state index in [2.05, 4.69) is 4.72 Å². The summed E-state index contributed by atoms with van der Waals surface area (Å²) in [6.45, 7) is 1.75. The molecule has 2 aromatic rings. The van der Waals surface area contributed by atoms with Crippen LogP contribution in [-0.4, -0.2) is 13.5 Å². The highest BCUT2D eigenvalue weighted by atomic mass is 32.2. The van der Waals surface area contributed by atoms with Crippen LogP contribution in [0.25, 0.3) is 0 Å². The molecule has 0 aromatic carbocycles. The van der Waals surface area contributed by atoms with Crippen LogP contribution in [0.15, 0.2) is 32.9 Å². The third-order valence-corrected chi connectivity index (χ3v) is 4.78. The van der Waals surface area contributed by atoms with Gasteiger partial charge in [-0.2, -0.15) is 0 Å². The molecule has 0 saturated carbocycles. The Morgan fingerprint density at radius 2 is 2.22 bits per heavy atom. The topological polar surface area (TPSA) is 79.5 Å². The molecule has 0 atom stereocenters. The van der Waals surface area contributed by atoms with Crippen LogP contribution in [-0.2, 0) is 23.2 Å². The third kappa shape index (κ3) is 2.99. The fraction of sp³-hybridized carbons (Fsp3) is 0.273. The summed E-state index contributed by atoms with van der Waals surface area (Å²) in [5.74, 6) is 1.30. The minimum atomic E-state index is -3.55. The van der Waals surface area contributed by atoms with E-state index in [0.29, 0.717) is 10.6 Å². The zero-order valence-corrected chi connectivity index (χ0v) is 11.3. The van der Waals surface area contributed by atoms with E-state index in [4.69, 9.17) is 9.52 Å². The summed E-state index contributed by atoms with van der Waals surface area (Å²) >= 11 is 1.21. The quantitative estimate of drug-likeness (QED) is 0.876. The fourth-order valence-electron chi connectivity index (χ4n) is 1.41.